The second-order valence-corrected chi connectivity index (χ2v) is 16.8. The highest BCUT2D eigenvalue weighted by molar-refractivity contribution is 6.11. The van der Waals surface area contributed by atoms with Crippen LogP contribution in [0.15, 0.2) is 237 Å². The Balaban J connectivity index is 0.965. The number of rotatable bonds is 7. The van der Waals surface area contributed by atoms with Crippen LogP contribution in [0.3, 0.4) is 0 Å². The van der Waals surface area contributed by atoms with Crippen LogP contribution in [0.4, 0.5) is 0 Å². The predicted octanol–water partition coefficient (Wildman–Crippen LogP) is 15.6. The summed E-state index contributed by atoms with van der Waals surface area (Å²) in [5.74, 6) is 1.85. The van der Waals surface area contributed by atoms with Gasteiger partial charge in [-0.05, 0) is 82.6 Å². The number of benzene rings is 10. The quantitative estimate of drug-likeness (QED) is 0.161. The highest BCUT2D eigenvalue weighted by atomic mass is 15.0. The lowest BCUT2D eigenvalue weighted by Crippen LogP contribution is -2.02. The number of hydrogen-bond acceptors (Lipinski definition) is 3. The van der Waals surface area contributed by atoms with Crippen LogP contribution in [0.25, 0.3) is 122 Å². The summed E-state index contributed by atoms with van der Waals surface area (Å²) in [5, 5.41) is 7.18. The zero-order valence-corrected chi connectivity index (χ0v) is 35.8. The number of nitrogens with zero attached hydrogens (tertiary/aromatic N) is 5. The zero-order valence-electron chi connectivity index (χ0n) is 35.8. The van der Waals surface area contributed by atoms with Crippen molar-refractivity contribution in [3.05, 3.63) is 237 Å². The Morgan fingerprint density at radius 3 is 1.20 bits per heavy atom. The van der Waals surface area contributed by atoms with Gasteiger partial charge in [0.05, 0.1) is 33.4 Å². The Morgan fingerprint density at radius 1 is 0.242 bits per heavy atom. The first kappa shape index (κ1) is 37.6. The van der Waals surface area contributed by atoms with Crippen LogP contribution in [-0.4, -0.2) is 24.1 Å². The first-order chi connectivity index (χ1) is 32.7. The van der Waals surface area contributed by atoms with Crippen LogP contribution < -0.4 is 0 Å². The molecule has 5 heteroatoms. The molecule has 0 aliphatic heterocycles. The van der Waals surface area contributed by atoms with Gasteiger partial charge in [-0.15, -0.1) is 0 Å². The van der Waals surface area contributed by atoms with Gasteiger partial charge in [0.1, 0.15) is 0 Å². The Morgan fingerprint density at radius 2 is 0.636 bits per heavy atom. The van der Waals surface area contributed by atoms with E-state index in [0.717, 1.165) is 72.1 Å². The lowest BCUT2D eigenvalue weighted by molar-refractivity contribution is 1.07. The van der Waals surface area contributed by atoms with Crippen molar-refractivity contribution in [3.8, 4) is 67.8 Å². The van der Waals surface area contributed by atoms with Crippen molar-refractivity contribution in [1.82, 2.24) is 24.1 Å². The molecule has 0 saturated carbocycles. The summed E-state index contributed by atoms with van der Waals surface area (Å²) in [4.78, 5) is 15.6. The summed E-state index contributed by atoms with van der Waals surface area (Å²) in [6, 6.07) is 84.1. The molecule has 0 fully saturated rings. The van der Waals surface area contributed by atoms with E-state index < -0.39 is 0 Å². The molecule has 0 saturated heterocycles. The van der Waals surface area contributed by atoms with Crippen molar-refractivity contribution in [2.24, 2.45) is 0 Å². The van der Waals surface area contributed by atoms with Crippen molar-refractivity contribution in [1.29, 1.82) is 0 Å². The van der Waals surface area contributed by atoms with E-state index in [1.165, 1.54) is 32.6 Å². The lowest BCUT2D eigenvalue weighted by atomic mass is 9.98. The molecule has 0 atom stereocenters. The van der Waals surface area contributed by atoms with Gasteiger partial charge in [0, 0.05) is 49.4 Å². The van der Waals surface area contributed by atoms with Crippen LogP contribution in [0.2, 0.25) is 0 Å². The van der Waals surface area contributed by atoms with E-state index >= 15 is 0 Å². The standard InChI is InChI=1S/C61H39N5/c1-3-17-41(18-4-1)52-39-45(35-36-58(52)66-56-29-15-10-24-50(56)51-25-11-16-30-57(51)66)61-63-59(42-19-5-2-6-20-42)62-60(64-61)44-34-32-40-31-33-43(37-46(40)38-44)47-21-7-12-26-53(47)65-54-27-13-8-22-48(54)49-23-9-14-28-55(49)65/h1-39H. The van der Waals surface area contributed by atoms with E-state index in [2.05, 4.69) is 228 Å². The monoisotopic (exact) mass is 841 g/mol. The highest BCUT2D eigenvalue weighted by Crippen LogP contribution is 2.40. The second kappa shape index (κ2) is 15.4. The molecule has 66 heavy (non-hydrogen) atoms. The molecule has 0 radical (unpaired) electrons. The fourth-order valence-electron chi connectivity index (χ4n) is 9.90. The summed E-state index contributed by atoms with van der Waals surface area (Å²) in [5.41, 5.74) is 14.2. The SMILES string of the molecule is c1ccc(-c2nc(-c3ccc(-n4c5ccccc5c5ccccc54)c(-c4ccccc4)c3)nc(-c3ccc4ccc(-c5ccccc5-n5c6ccccc6c6ccccc65)cc4c3)n2)cc1. The van der Waals surface area contributed by atoms with Gasteiger partial charge in [-0.2, -0.15) is 0 Å². The largest absolute Gasteiger partial charge is 0.309 e. The number of fused-ring (bicyclic) bond motifs is 7. The summed E-state index contributed by atoms with van der Waals surface area (Å²) in [6.07, 6.45) is 0. The summed E-state index contributed by atoms with van der Waals surface area (Å²) in [7, 11) is 0. The van der Waals surface area contributed by atoms with E-state index in [1.54, 1.807) is 0 Å². The molecular weight excluding hydrogens is 803 g/mol. The number of para-hydroxylation sites is 5. The highest BCUT2D eigenvalue weighted by Gasteiger charge is 2.20. The van der Waals surface area contributed by atoms with Gasteiger partial charge in [-0.1, -0.05) is 176 Å². The molecule has 0 N–H and O–H groups in total. The third kappa shape index (κ3) is 6.21. The molecule has 5 nitrogen and oxygen atoms in total. The Bertz CT molecular complexity index is 3890. The third-order valence-electron chi connectivity index (χ3n) is 13.0. The fourth-order valence-corrected chi connectivity index (χ4v) is 9.90. The second-order valence-electron chi connectivity index (χ2n) is 16.8. The molecule has 0 spiro atoms. The van der Waals surface area contributed by atoms with Crippen LogP contribution in [0, 0.1) is 0 Å². The van der Waals surface area contributed by atoms with Crippen molar-refractivity contribution >= 4 is 54.4 Å². The molecule has 13 rings (SSSR count). The number of aromatic nitrogens is 5. The normalized spacial score (nSPS) is 11.6. The summed E-state index contributed by atoms with van der Waals surface area (Å²) in [6.45, 7) is 0. The molecule has 13 aromatic rings. The van der Waals surface area contributed by atoms with E-state index in [9.17, 15) is 0 Å². The van der Waals surface area contributed by atoms with E-state index in [1.807, 2.05) is 18.2 Å². The minimum Gasteiger partial charge on any atom is -0.309 e. The molecule has 0 aliphatic rings. The average Bonchev–Trinajstić information content (AvgIpc) is 3.91. The van der Waals surface area contributed by atoms with Gasteiger partial charge in [0.25, 0.3) is 0 Å². The molecule has 3 heterocycles. The third-order valence-corrected chi connectivity index (χ3v) is 13.0. The lowest BCUT2D eigenvalue weighted by Gasteiger charge is -2.16. The van der Waals surface area contributed by atoms with Crippen LogP contribution >= 0.6 is 0 Å². The van der Waals surface area contributed by atoms with Crippen molar-refractivity contribution in [2.45, 2.75) is 0 Å². The topological polar surface area (TPSA) is 48.5 Å². The molecule has 0 unspecified atom stereocenters. The summed E-state index contributed by atoms with van der Waals surface area (Å²) >= 11 is 0. The molecule has 0 aliphatic carbocycles. The molecule has 0 amide bonds. The van der Waals surface area contributed by atoms with E-state index in [0.29, 0.717) is 17.5 Å². The minimum atomic E-state index is 0.610. The maximum atomic E-state index is 5.29. The minimum absolute atomic E-state index is 0.610. The molecule has 0 bridgehead atoms. The molecule has 308 valence electrons. The van der Waals surface area contributed by atoms with Crippen molar-refractivity contribution in [3.63, 3.8) is 0 Å². The average molecular weight is 842 g/mol. The smallest absolute Gasteiger partial charge is 0.164 e. The maximum Gasteiger partial charge on any atom is 0.164 e. The number of hydrogen-bond donors (Lipinski definition) is 0. The van der Waals surface area contributed by atoms with Gasteiger partial charge in [0.2, 0.25) is 0 Å². The van der Waals surface area contributed by atoms with Crippen molar-refractivity contribution in [2.75, 3.05) is 0 Å². The Kier molecular flexibility index (Phi) is 8.78. The first-order valence-corrected chi connectivity index (χ1v) is 22.4. The van der Waals surface area contributed by atoms with Crippen LogP contribution in [0.1, 0.15) is 0 Å². The van der Waals surface area contributed by atoms with Gasteiger partial charge >= 0.3 is 0 Å². The van der Waals surface area contributed by atoms with Gasteiger partial charge in [-0.3, -0.25) is 0 Å². The Labute approximate surface area is 381 Å². The predicted molar refractivity (Wildman–Crippen MR) is 273 cm³/mol. The Hall–Kier alpha value is -8.93. The molecule has 10 aromatic carbocycles. The van der Waals surface area contributed by atoms with Crippen LogP contribution in [0.5, 0.6) is 0 Å². The fraction of sp³-hybridized carbons (Fsp3) is 0. The van der Waals surface area contributed by atoms with E-state index in [4.69, 9.17) is 15.0 Å². The zero-order chi connectivity index (χ0) is 43.6. The molecule has 3 aromatic heterocycles. The van der Waals surface area contributed by atoms with Crippen LogP contribution in [-0.2, 0) is 0 Å². The molecular formula is C61H39N5. The van der Waals surface area contributed by atoms with Gasteiger partial charge < -0.3 is 9.13 Å². The first-order valence-electron chi connectivity index (χ1n) is 22.4. The van der Waals surface area contributed by atoms with E-state index in [-0.39, 0.29) is 0 Å². The van der Waals surface area contributed by atoms with Gasteiger partial charge in [0.15, 0.2) is 17.5 Å². The summed E-state index contributed by atoms with van der Waals surface area (Å²) < 4.78 is 4.78. The maximum absolute atomic E-state index is 5.29. The van der Waals surface area contributed by atoms with Gasteiger partial charge in [-0.25, -0.2) is 15.0 Å². The van der Waals surface area contributed by atoms with Crippen molar-refractivity contribution < 1.29 is 0 Å².